The minimum Gasteiger partial charge on any atom is -0.380 e. The monoisotopic (exact) mass is 264 g/mol. The second-order valence-corrected chi connectivity index (χ2v) is 3.81. The number of halogens is 2. The van der Waals surface area contributed by atoms with Gasteiger partial charge >= 0.3 is 0 Å². The molecule has 1 heterocycles. The van der Waals surface area contributed by atoms with Crippen LogP contribution in [0.2, 0.25) is 10.4 Å². The molecule has 0 aliphatic carbocycles. The molecule has 0 saturated carbocycles. The third-order valence-corrected chi connectivity index (χ3v) is 2.22. The number of nitrogens with zero attached hydrogens (tertiary/aromatic N) is 3. The van der Waals surface area contributed by atoms with Crippen LogP contribution < -0.4 is 5.32 Å². The minimum atomic E-state index is 0.0683. The van der Waals surface area contributed by atoms with E-state index in [0.29, 0.717) is 19.0 Å². The number of rotatable bonds is 7. The predicted molar refractivity (Wildman–Crippen MR) is 64.1 cm³/mol. The van der Waals surface area contributed by atoms with E-state index >= 15 is 0 Å². The maximum Gasteiger partial charge on any atom is 0.245 e. The minimum absolute atomic E-state index is 0.0683. The van der Waals surface area contributed by atoms with E-state index in [1.807, 2.05) is 0 Å². The predicted octanol–water partition coefficient (Wildman–Crippen LogP) is 2.41. The molecule has 1 aromatic rings. The highest BCUT2D eigenvalue weighted by molar-refractivity contribution is 6.32. The summed E-state index contributed by atoms with van der Waals surface area (Å²) < 4.78 is 5.36. The summed E-state index contributed by atoms with van der Waals surface area (Å²) in [4.78, 5) is 3.90. The Bertz CT molecular complexity index is 324. The summed E-state index contributed by atoms with van der Waals surface area (Å²) in [6.45, 7) is 4.10. The van der Waals surface area contributed by atoms with E-state index < -0.39 is 0 Å². The molecule has 1 rings (SSSR count). The summed E-state index contributed by atoms with van der Waals surface area (Å²) in [7, 11) is 0. The standard InChI is InChI=1S/C9H14Cl2N4O/c1-2-3-5-16-6-4-12-8-7(10)14-15-9(11)13-8/h2-6H2,1H3,(H,12,13,15). The van der Waals surface area contributed by atoms with Gasteiger partial charge in [0, 0.05) is 13.2 Å². The van der Waals surface area contributed by atoms with Gasteiger partial charge in [-0.25, -0.2) is 0 Å². The van der Waals surface area contributed by atoms with Crippen molar-refractivity contribution in [3.63, 3.8) is 0 Å². The van der Waals surface area contributed by atoms with Crippen LogP contribution in [0.25, 0.3) is 0 Å². The Morgan fingerprint density at radius 2 is 2.06 bits per heavy atom. The average Bonchev–Trinajstić information content (AvgIpc) is 2.28. The fourth-order valence-electron chi connectivity index (χ4n) is 0.996. The average molecular weight is 265 g/mol. The zero-order valence-corrected chi connectivity index (χ0v) is 10.6. The molecule has 0 unspecified atom stereocenters. The van der Waals surface area contributed by atoms with Crippen LogP contribution in [0.5, 0.6) is 0 Å². The first-order valence-electron chi connectivity index (χ1n) is 5.11. The Hall–Kier alpha value is -0.650. The molecule has 16 heavy (non-hydrogen) atoms. The van der Waals surface area contributed by atoms with E-state index in [0.717, 1.165) is 19.4 Å². The van der Waals surface area contributed by atoms with Crippen molar-refractivity contribution in [2.24, 2.45) is 0 Å². The Balaban J connectivity index is 2.23. The van der Waals surface area contributed by atoms with Crippen LogP contribution in [0, 0.1) is 0 Å². The number of ether oxygens (including phenoxy) is 1. The van der Waals surface area contributed by atoms with Gasteiger partial charge in [-0.2, -0.15) is 4.98 Å². The molecule has 0 amide bonds. The molecule has 90 valence electrons. The van der Waals surface area contributed by atoms with Crippen LogP contribution in [-0.4, -0.2) is 34.9 Å². The number of unbranched alkanes of at least 4 members (excludes halogenated alkanes) is 1. The lowest BCUT2D eigenvalue weighted by Crippen LogP contribution is -2.12. The van der Waals surface area contributed by atoms with Gasteiger partial charge in [0.05, 0.1) is 6.61 Å². The topological polar surface area (TPSA) is 59.9 Å². The highest BCUT2D eigenvalue weighted by atomic mass is 35.5. The third-order valence-electron chi connectivity index (χ3n) is 1.80. The fourth-order valence-corrected chi connectivity index (χ4v) is 1.26. The number of hydrogen-bond donors (Lipinski definition) is 1. The molecule has 0 atom stereocenters. The summed E-state index contributed by atoms with van der Waals surface area (Å²) in [5, 5.41) is 10.4. The van der Waals surface area contributed by atoms with E-state index in [2.05, 4.69) is 27.4 Å². The lowest BCUT2D eigenvalue weighted by Gasteiger charge is -2.06. The van der Waals surface area contributed by atoms with Gasteiger partial charge in [-0.3, -0.25) is 0 Å². The summed E-state index contributed by atoms with van der Waals surface area (Å²) in [5.74, 6) is 0.431. The van der Waals surface area contributed by atoms with Crippen molar-refractivity contribution in [2.45, 2.75) is 19.8 Å². The first-order chi connectivity index (χ1) is 7.74. The summed E-state index contributed by atoms with van der Waals surface area (Å²) >= 11 is 11.3. The second-order valence-electron chi connectivity index (χ2n) is 3.11. The summed E-state index contributed by atoms with van der Waals surface area (Å²) in [6.07, 6.45) is 2.20. The molecule has 1 aromatic heterocycles. The van der Waals surface area contributed by atoms with Gasteiger partial charge in [0.25, 0.3) is 0 Å². The van der Waals surface area contributed by atoms with Crippen LogP contribution in [0.1, 0.15) is 19.8 Å². The highest BCUT2D eigenvalue weighted by Crippen LogP contribution is 2.15. The van der Waals surface area contributed by atoms with E-state index in [4.69, 9.17) is 27.9 Å². The van der Waals surface area contributed by atoms with Crippen molar-refractivity contribution in [1.82, 2.24) is 15.2 Å². The quantitative estimate of drug-likeness (QED) is 0.767. The molecule has 0 aliphatic rings. The zero-order chi connectivity index (χ0) is 11.8. The van der Waals surface area contributed by atoms with Gasteiger partial charge in [-0.1, -0.05) is 24.9 Å². The van der Waals surface area contributed by atoms with Gasteiger partial charge in [-0.15, -0.1) is 10.2 Å². The molecular formula is C9H14Cl2N4O. The molecule has 0 spiro atoms. The van der Waals surface area contributed by atoms with Crippen molar-refractivity contribution in [1.29, 1.82) is 0 Å². The smallest absolute Gasteiger partial charge is 0.245 e. The number of aromatic nitrogens is 3. The first kappa shape index (κ1) is 13.4. The molecule has 0 fully saturated rings. The van der Waals surface area contributed by atoms with E-state index in [1.54, 1.807) is 0 Å². The lowest BCUT2D eigenvalue weighted by atomic mass is 10.4. The van der Waals surface area contributed by atoms with Crippen molar-refractivity contribution >= 4 is 29.0 Å². The van der Waals surface area contributed by atoms with Crippen LogP contribution in [0.3, 0.4) is 0 Å². The van der Waals surface area contributed by atoms with Gasteiger partial charge in [0.15, 0.2) is 11.0 Å². The number of hydrogen-bond acceptors (Lipinski definition) is 5. The van der Waals surface area contributed by atoms with Crippen molar-refractivity contribution in [3.05, 3.63) is 10.4 Å². The molecule has 0 saturated heterocycles. The van der Waals surface area contributed by atoms with Crippen LogP contribution >= 0.6 is 23.2 Å². The molecule has 7 heteroatoms. The normalized spacial score (nSPS) is 10.4. The summed E-state index contributed by atoms with van der Waals surface area (Å²) in [5.41, 5.74) is 0. The van der Waals surface area contributed by atoms with Crippen molar-refractivity contribution < 1.29 is 4.74 Å². The number of nitrogens with one attached hydrogen (secondary N) is 1. The lowest BCUT2D eigenvalue weighted by molar-refractivity contribution is 0.141. The second kappa shape index (κ2) is 7.60. The van der Waals surface area contributed by atoms with Gasteiger partial charge in [-0.05, 0) is 18.0 Å². The van der Waals surface area contributed by atoms with Crippen LogP contribution in [0.4, 0.5) is 5.82 Å². The van der Waals surface area contributed by atoms with E-state index in [1.165, 1.54) is 0 Å². The zero-order valence-electron chi connectivity index (χ0n) is 9.04. The first-order valence-corrected chi connectivity index (χ1v) is 5.87. The van der Waals surface area contributed by atoms with E-state index in [9.17, 15) is 0 Å². The van der Waals surface area contributed by atoms with Gasteiger partial charge < -0.3 is 10.1 Å². The highest BCUT2D eigenvalue weighted by Gasteiger charge is 2.04. The van der Waals surface area contributed by atoms with E-state index in [-0.39, 0.29) is 10.4 Å². The maximum absolute atomic E-state index is 5.76. The van der Waals surface area contributed by atoms with Crippen molar-refractivity contribution in [3.8, 4) is 0 Å². The Morgan fingerprint density at radius 1 is 1.25 bits per heavy atom. The van der Waals surface area contributed by atoms with Crippen LogP contribution in [0.15, 0.2) is 0 Å². The Labute approximate surface area is 105 Å². The SMILES string of the molecule is CCCCOCCNc1nc(Cl)nnc1Cl. The Kier molecular flexibility index (Phi) is 6.37. The summed E-state index contributed by atoms with van der Waals surface area (Å²) in [6, 6.07) is 0. The molecule has 0 aromatic carbocycles. The molecule has 0 radical (unpaired) electrons. The Morgan fingerprint density at radius 3 is 2.81 bits per heavy atom. The van der Waals surface area contributed by atoms with Crippen LogP contribution in [-0.2, 0) is 4.74 Å². The van der Waals surface area contributed by atoms with Crippen molar-refractivity contribution in [2.75, 3.05) is 25.1 Å². The molecule has 0 aliphatic heterocycles. The van der Waals surface area contributed by atoms with Gasteiger partial charge in [0.2, 0.25) is 5.28 Å². The molecular weight excluding hydrogens is 251 g/mol. The largest absolute Gasteiger partial charge is 0.380 e. The number of anilines is 1. The fraction of sp³-hybridized carbons (Fsp3) is 0.667. The maximum atomic E-state index is 5.76. The molecule has 0 bridgehead atoms. The van der Waals surface area contributed by atoms with Gasteiger partial charge in [0.1, 0.15) is 0 Å². The third kappa shape index (κ3) is 4.92. The molecule has 5 nitrogen and oxygen atoms in total. The molecule has 1 N–H and O–H groups in total.